The van der Waals surface area contributed by atoms with E-state index in [0.717, 1.165) is 31.8 Å². The van der Waals surface area contributed by atoms with Crippen molar-refractivity contribution in [2.45, 2.75) is 58.0 Å². The van der Waals surface area contributed by atoms with E-state index in [1.165, 1.54) is 12.8 Å². The van der Waals surface area contributed by atoms with Crippen molar-refractivity contribution < 1.29 is 4.79 Å². The Morgan fingerprint density at radius 1 is 1.43 bits per heavy atom. The Hall–Kier alpha value is -0.370. The molecule has 2 rings (SSSR count). The molecular formula is C12H21NO. The van der Waals surface area contributed by atoms with E-state index in [-0.39, 0.29) is 6.04 Å². The molecule has 0 amide bonds. The SMILES string of the molecule is CC(C)CC1C(=O)CCCN1C1CC1. The Labute approximate surface area is 86.7 Å². The first-order valence-corrected chi connectivity index (χ1v) is 5.97. The molecule has 1 saturated heterocycles. The second kappa shape index (κ2) is 4.01. The molecule has 80 valence electrons. The van der Waals surface area contributed by atoms with E-state index in [1.807, 2.05) is 0 Å². The predicted octanol–water partition coefficient (Wildman–Crippen LogP) is 2.23. The zero-order chi connectivity index (χ0) is 10.1. The van der Waals surface area contributed by atoms with Crippen LogP contribution >= 0.6 is 0 Å². The minimum atomic E-state index is 0.260. The van der Waals surface area contributed by atoms with Crippen molar-refractivity contribution in [2.24, 2.45) is 5.92 Å². The van der Waals surface area contributed by atoms with E-state index in [1.54, 1.807) is 0 Å². The van der Waals surface area contributed by atoms with Gasteiger partial charge in [0.1, 0.15) is 5.78 Å². The summed E-state index contributed by atoms with van der Waals surface area (Å²) in [6.07, 6.45) is 5.61. The molecule has 0 aromatic rings. The summed E-state index contributed by atoms with van der Waals surface area (Å²) in [4.78, 5) is 14.3. The highest BCUT2D eigenvalue weighted by Gasteiger charge is 2.38. The van der Waals surface area contributed by atoms with E-state index in [0.29, 0.717) is 11.7 Å². The highest BCUT2D eigenvalue weighted by molar-refractivity contribution is 5.84. The Bertz CT molecular complexity index is 220. The van der Waals surface area contributed by atoms with Gasteiger partial charge in [-0.2, -0.15) is 0 Å². The van der Waals surface area contributed by atoms with Gasteiger partial charge in [-0.05, 0) is 38.1 Å². The smallest absolute Gasteiger partial charge is 0.150 e. The molecule has 1 saturated carbocycles. The first-order valence-electron chi connectivity index (χ1n) is 5.97. The molecule has 0 bridgehead atoms. The highest BCUT2D eigenvalue weighted by Crippen LogP contribution is 2.33. The number of likely N-dealkylation sites (tertiary alicyclic amines) is 1. The van der Waals surface area contributed by atoms with Gasteiger partial charge in [0.05, 0.1) is 6.04 Å². The number of piperidine rings is 1. The lowest BCUT2D eigenvalue weighted by Gasteiger charge is -2.35. The largest absolute Gasteiger partial charge is 0.298 e. The molecule has 2 aliphatic rings. The summed E-state index contributed by atoms with van der Waals surface area (Å²) in [5, 5.41) is 0. The van der Waals surface area contributed by atoms with Crippen LogP contribution in [0.2, 0.25) is 0 Å². The monoisotopic (exact) mass is 195 g/mol. The minimum Gasteiger partial charge on any atom is -0.298 e. The van der Waals surface area contributed by atoms with Crippen LogP contribution in [0.15, 0.2) is 0 Å². The highest BCUT2D eigenvalue weighted by atomic mass is 16.1. The van der Waals surface area contributed by atoms with Crippen LogP contribution in [0.25, 0.3) is 0 Å². The number of ketones is 1. The van der Waals surface area contributed by atoms with Crippen LogP contribution < -0.4 is 0 Å². The number of carbonyl (C=O) groups excluding carboxylic acids is 1. The number of hydrogen-bond acceptors (Lipinski definition) is 2. The third-order valence-corrected chi connectivity index (χ3v) is 3.32. The summed E-state index contributed by atoms with van der Waals surface area (Å²) >= 11 is 0. The molecule has 0 aromatic carbocycles. The van der Waals surface area contributed by atoms with Gasteiger partial charge in [0, 0.05) is 12.5 Å². The molecule has 2 nitrogen and oxygen atoms in total. The molecule has 1 atom stereocenters. The van der Waals surface area contributed by atoms with Gasteiger partial charge in [0.15, 0.2) is 0 Å². The fourth-order valence-electron chi connectivity index (χ4n) is 2.50. The minimum absolute atomic E-state index is 0.260. The van der Waals surface area contributed by atoms with Gasteiger partial charge in [-0.1, -0.05) is 13.8 Å². The number of hydrogen-bond donors (Lipinski definition) is 0. The molecule has 0 radical (unpaired) electrons. The fraction of sp³-hybridized carbons (Fsp3) is 0.917. The van der Waals surface area contributed by atoms with Gasteiger partial charge >= 0.3 is 0 Å². The number of carbonyl (C=O) groups is 1. The third kappa shape index (κ3) is 2.17. The molecule has 0 aromatic heterocycles. The van der Waals surface area contributed by atoms with Gasteiger partial charge in [0.25, 0.3) is 0 Å². The average molecular weight is 195 g/mol. The molecule has 1 unspecified atom stereocenters. The first kappa shape index (κ1) is 10.2. The summed E-state index contributed by atoms with van der Waals surface area (Å²) in [5.41, 5.74) is 0. The van der Waals surface area contributed by atoms with Gasteiger partial charge in [0.2, 0.25) is 0 Å². The van der Waals surface area contributed by atoms with Crippen LogP contribution in [0, 0.1) is 5.92 Å². The Morgan fingerprint density at radius 2 is 2.14 bits per heavy atom. The Balaban J connectivity index is 2.00. The van der Waals surface area contributed by atoms with Crippen molar-refractivity contribution in [3.63, 3.8) is 0 Å². The zero-order valence-electron chi connectivity index (χ0n) is 9.33. The fourth-order valence-corrected chi connectivity index (χ4v) is 2.50. The van der Waals surface area contributed by atoms with E-state index >= 15 is 0 Å². The summed E-state index contributed by atoms with van der Waals surface area (Å²) < 4.78 is 0. The molecule has 1 heterocycles. The van der Waals surface area contributed by atoms with Crippen molar-refractivity contribution in [1.29, 1.82) is 0 Å². The predicted molar refractivity (Wildman–Crippen MR) is 57.2 cm³/mol. The van der Waals surface area contributed by atoms with Gasteiger partial charge in [-0.3, -0.25) is 9.69 Å². The van der Waals surface area contributed by atoms with Crippen LogP contribution in [0.3, 0.4) is 0 Å². The number of nitrogens with zero attached hydrogens (tertiary/aromatic N) is 1. The van der Waals surface area contributed by atoms with Crippen molar-refractivity contribution in [3.8, 4) is 0 Å². The van der Waals surface area contributed by atoms with Crippen LogP contribution in [0.1, 0.15) is 46.0 Å². The Morgan fingerprint density at radius 3 is 2.71 bits per heavy atom. The van der Waals surface area contributed by atoms with Crippen molar-refractivity contribution in [3.05, 3.63) is 0 Å². The molecule has 1 aliphatic heterocycles. The first-order chi connectivity index (χ1) is 6.68. The average Bonchev–Trinajstić information content (AvgIpc) is 2.90. The van der Waals surface area contributed by atoms with Crippen molar-refractivity contribution >= 4 is 5.78 Å². The molecule has 0 N–H and O–H groups in total. The van der Waals surface area contributed by atoms with E-state index in [9.17, 15) is 4.79 Å². The van der Waals surface area contributed by atoms with Gasteiger partial charge in [-0.25, -0.2) is 0 Å². The van der Waals surface area contributed by atoms with Crippen LogP contribution in [0.5, 0.6) is 0 Å². The molecule has 1 aliphatic carbocycles. The summed E-state index contributed by atoms with van der Waals surface area (Å²) in [5.74, 6) is 1.14. The Kier molecular flexibility index (Phi) is 2.91. The summed E-state index contributed by atoms with van der Waals surface area (Å²) in [7, 11) is 0. The number of Topliss-reactive ketones (excluding diaryl/α,β-unsaturated/α-hetero) is 1. The molecular weight excluding hydrogens is 174 g/mol. The zero-order valence-corrected chi connectivity index (χ0v) is 9.33. The van der Waals surface area contributed by atoms with Crippen molar-refractivity contribution in [2.75, 3.05) is 6.54 Å². The third-order valence-electron chi connectivity index (χ3n) is 3.32. The summed E-state index contributed by atoms with van der Waals surface area (Å²) in [6, 6.07) is 1.01. The second-order valence-corrected chi connectivity index (χ2v) is 5.18. The standard InChI is InChI=1S/C12H21NO/c1-9(2)8-11-12(14)4-3-7-13(11)10-5-6-10/h9-11H,3-8H2,1-2H3. The van der Waals surface area contributed by atoms with Gasteiger partial charge in [-0.15, -0.1) is 0 Å². The van der Waals surface area contributed by atoms with Crippen LogP contribution in [-0.2, 0) is 4.79 Å². The van der Waals surface area contributed by atoms with Crippen LogP contribution in [0.4, 0.5) is 0 Å². The summed E-state index contributed by atoms with van der Waals surface area (Å²) in [6.45, 7) is 5.59. The molecule has 2 heteroatoms. The molecule has 0 spiro atoms. The normalized spacial score (nSPS) is 29.9. The molecule has 14 heavy (non-hydrogen) atoms. The maximum Gasteiger partial charge on any atom is 0.150 e. The maximum absolute atomic E-state index is 11.8. The lowest BCUT2D eigenvalue weighted by molar-refractivity contribution is -0.127. The number of rotatable bonds is 3. The quantitative estimate of drug-likeness (QED) is 0.688. The maximum atomic E-state index is 11.8. The van der Waals surface area contributed by atoms with E-state index in [4.69, 9.17) is 0 Å². The second-order valence-electron chi connectivity index (χ2n) is 5.18. The van der Waals surface area contributed by atoms with E-state index < -0.39 is 0 Å². The molecule has 2 fully saturated rings. The van der Waals surface area contributed by atoms with E-state index in [2.05, 4.69) is 18.7 Å². The van der Waals surface area contributed by atoms with Crippen LogP contribution in [-0.4, -0.2) is 29.3 Å². The van der Waals surface area contributed by atoms with Crippen molar-refractivity contribution in [1.82, 2.24) is 4.90 Å². The lowest BCUT2D eigenvalue weighted by atomic mass is 9.93. The topological polar surface area (TPSA) is 20.3 Å². The lowest BCUT2D eigenvalue weighted by Crippen LogP contribution is -2.47. The van der Waals surface area contributed by atoms with Gasteiger partial charge < -0.3 is 0 Å².